The molecule has 118 valence electrons. The first kappa shape index (κ1) is 15.9. The second-order valence-electron chi connectivity index (χ2n) is 6.42. The molecule has 1 saturated heterocycles. The first-order valence-corrected chi connectivity index (χ1v) is 7.41. The molecule has 0 spiro atoms. The van der Waals surface area contributed by atoms with Gasteiger partial charge in [0.15, 0.2) is 0 Å². The number of nitrogens with zero attached hydrogens (tertiary/aromatic N) is 1. The minimum Gasteiger partial charge on any atom is -0.489 e. The summed E-state index contributed by atoms with van der Waals surface area (Å²) in [6.07, 6.45) is -0.128. The zero-order valence-corrected chi connectivity index (χ0v) is 13.3. The fourth-order valence-corrected chi connectivity index (χ4v) is 2.74. The Kier molecular flexibility index (Phi) is 4.64. The number of rotatable bonds is 4. The normalized spacial score (nSPS) is 21.6. The summed E-state index contributed by atoms with van der Waals surface area (Å²) < 4.78 is 11.6. The average molecular weight is 294 g/mol. The lowest BCUT2D eigenvalue weighted by Gasteiger charge is -2.43. The smallest absolute Gasteiger partial charge is 0.144 e. The minimum atomic E-state index is -0.326. The summed E-state index contributed by atoms with van der Waals surface area (Å²) >= 11 is 0. The number of nitrogens with two attached hydrogens (primary N) is 1. The fraction of sp³-hybridized carbons (Fsp3) is 0.625. The minimum absolute atomic E-state index is 0.00200. The lowest BCUT2D eigenvalue weighted by atomic mass is 10.0. The zero-order chi connectivity index (χ0) is 15.6. The molecule has 1 heterocycles. The number of para-hydroxylation sites is 1. The molecule has 0 aromatic heterocycles. The molecule has 0 bridgehead atoms. The highest BCUT2D eigenvalue weighted by atomic mass is 16.5. The Labute approximate surface area is 126 Å². The molecule has 3 N–H and O–H groups in total. The number of hydrogen-bond acceptors (Lipinski definition) is 5. The van der Waals surface area contributed by atoms with Crippen molar-refractivity contribution < 1.29 is 14.6 Å². The molecule has 1 fully saturated rings. The van der Waals surface area contributed by atoms with Crippen molar-refractivity contribution >= 4 is 11.4 Å². The van der Waals surface area contributed by atoms with E-state index in [-0.39, 0.29) is 24.4 Å². The van der Waals surface area contributed by atoms with E-state index in [1.165, 1.54) is 0 Å². The molecule has 2 rings (SSSR count). The van der Waals surface area contributed by atoms with E-state index < -0.39 is 0 Å². The molecule has 1 aromatic rings. The molecule has 1 aliphatic rings. The molecule has 1 aliphatic heterocycles. The SMILES string of the molecule is CC(C)Oc1cccc(N2CC(CO)OC(C)(C)C2)c1N. The van der Waals surface area contributed by atoms with E-state index in [4.69, 9.17) is 15.2 Å². The summed E-state index contributed by atoms with van der Waals surface area (Å²) in [7, 11) is 0. The number of benzene rings is 1. The zero-order valence-electron chi connectivity index (χ0n) is 13.3. The number of morpholine rings is 1. The van der Waals surface area contributed by atoms with Crippen LogP contribution < -0.4 is 15.4 Å². The van der Waals surface area contributed by atoms with Crippen molar-refractivity contribution in [3.05, 3.63) is 18.2 Å². The first-order valence-electron chi connectivity index (χ1n) is 7.41. The van der Waals surface area contributed by atoms with Gasteiger partial charge in [-0.2, -0.15) is 0 Å². The van der Waals surface area contributed by atoms with Gasteiger partial charge in [0.25, 0.3) is 0 Å². The second-order valence-corrected chi connectivity index (χ2v) is 6.42. The monoisotopic (exact) mass is 294 g/mol. The van der Waals surface area contributed by atoms with E-state index in [1.807, 2.05) is 45.9 Å². The van der Waals surface area contributed by atoms with Crippen molar-refractivity contribution in [1.82, 2.24) is 0 Å². The highest BCUT2D eigenvalue weighted by Gasteiger charge is 2.34. The van der Waals surface area contributed by atoms with Gasteiger partial charge in [0.05, 0.1) is 35.8 Å². The summed E-state index contributed by atoms with van der Waals surface area (Å²) in [4.78, 5) is 2.16. The van der Waals surface area contributed by atoms with Crippen molar-refractivity contribution in [2.24, 2.45) is 0 Å². The lowest BCUT2D eigenvalue weighted by molar-refractivity contribution is -0.100. The van der Waals surface area contributed by atoms with E-state index in [9.17, 15) is 5.11 Å². The summed E-state index contributed by atoms with van der Waals surface area (Å²) in [5, 5.41) is 9.42. The maximum atomic E-state index is 9.42. The van der Waals surface area contributed by atoms with Crippen LogP contribution in [-0.2, 0) is 4.74 Å². The van der Waals surface area contributed by atoms with Gasteiger partial charge in [-0.05, 0) is 39.8 Å². The summed E-state index contributed by atoms with van der Waals surface area (Å²) in [6.45, 7) is 9.34. The average Bonchev–Trinajstić information content (AvgIpc) is 2.38. The maximum Gasteiger partial charge on any atom is 0.144 e. The molecule has 1 unspecified atom stereocenters. The van der Waals surface area contributed by atoms with Crippen molar-refractivity contribution in [1.29, 1.82) is 0 Å². The molecular weight excluding hydrogens is 268 g/mol. The highest BCUT2D eigenvalue weighted by molar-refractivity contribution is 5.74. The predicted octanol–water partition coefficient (Wildman–Crippen LogP) is 2.03. The van der Waals surface area contributed by atoms with Crippen LogP contribution in [0.15, 0.2) is 18.2 Å². The Balaban J connectivity index is 2.28. The number of aliphatic hydroxyl groups is 1. The molecule has 1 aromatic carbocycles. The van der Waals surface area contributed by atoms with Crippen LogP contribution in [0, 0.1) is 0 Å². The van der Waals surface area contributed by atoms with Crippen LogP contribution in [0.5, 0.6) is 5.75 Å². The van der Waals surface area contributed by atoms with Gasteiger partial charge in [-0.1, -0.05) is 6.07 Å². The summed E-state index contributed by atoms with van der Waals surface area (Å²) in [5.74, 6) is 0.701. The molecule has 5 heteroatoms. The van der Waals surface area contributed by atoms with Gasteiger partial charge < -0.3 is 25.2 Å². The quantitative estimate of drug-likeness (QED) is 0.832. The largest absolute Gasteiger partial charge is 0.489 e. The number of nitrogen functional groups attached to an aromatic ring is 1. The third-order valence-electron chi connectivity index (χ3n) is 3.43. The molecule has 0 amide bonds. The Morgan fingerprint density at radius 2 is 2.19 bits per heavy atom. The van der Waals surface area contributed by atoms with E-state index in [0.29, 0.717) is 18.0 Å². The van der Waals surface area contributed by atoms with Crippen molar-refractivity contribution in [3.63, 3.8) is 0 Å². The Hall–Kier alpha value is -1.46. The first-order chi connectivity index (χ1) is 9.82. The fourth-order valence-electron chi connectivity index (χ4n) is 2.74. The number of anilines is 2. The molecule has 0 aliphatic carbocycles. The van der Waals surface area contributed by atoms with Gasteiger partial charge in [-0.15, -0.1) is 0 Å². The summed E-state index contributed by atoms with van der Waals surface area (Å²) in [5.41, 5.74) is 7.51. The van der Waals surface area contributed by atoms with Gasteiger partial charge in [0.2, 0.25) is 0 Å². The van der Waals surface area contributed by atoms with Gasteiger partial charge in [0.1, 0.15) is 5.75 Å². The lowest BCUT2D eigenvalue weighted by Crippen LogP contribution is -2.54. The van der Waals surface area contributed by atoms with E-state index >= 15 is 0 Å². The molecule has 0 saturated carbocycles. The number of hydrogen-bond donors (Lipinski definition) is 2. The topological polar surface area (TPSA) is 68.0 Å². The maximum absolute atomic E-state index is 9.42. The van der Waals surface area contributed by atoms with Crippen LogP contribution in [0.4, 0.5) is 11.4 Å². The van der Waals surface area contributed by atoms with E-state index in [1.54, 1.807) is 0 Å². The van der Waals surface area contributed by atoms with Crippen LogP contribution in [0.1, 0.15) is 27.7 Å². The predicted molar refractivity (Wildman–Crippen MR) is 84.9 cm³/mol. The molecule has 21 heavy (non-hydrogen) atoms. The summed E-state index contributed by atoms with van der Waals surface area (Å²) in [6, 6.07) is 5.81. The van der Waals surface area contributed by atoms with E-state index in [0.717, 1.165) is 12.2 Å². The van der Waals surface area contributed by atoms with Gasteiger partial charge in [-0.3, -0.25) is 0 Å². The molecule has 1 atom stereocenters. The second kappa shape index (κ2) is 6.12. The van der Waals surface area contributed by atoms with Gasteiger partial charge in [0, 0.05) is 13.1 Å². The Bertz CT molecular complexity index is 488. The highest BCUT2D eigenvalue weighted by Crippen LogP contribution is 2.35. The molecule has 5 nitrogen and oxygen atoms in total. The van der Waals surface area contributed by atoms with Crippen LogP contribution >= 0.6 is 0 Å². The van der Waals surface area contributed by atoms with Crippen LogP contribution in [0.3, 0.4) is 0 Å². The number of aliphatic hydroxyl groups excluding tert-OH is 1. The number of ether oxygens (including phenoxy) is 2. The van der Waals surface area contributed by atoms with E-state index in [2.05, 4.69) is 4.90 Å². The van der Waals surface area contributed by atoms with Crippen LogP contribution in [0.25, 0.3) is 0 Å². The standard InChI is InChI=1S/C16H26N2O3/c1-11(2)20-14-7-5-6-13(15(14)17)18-8-12(9-19)21-16(3,4)10-18/h5-7,11-12,19H,8-10,17H2,1-4H3. The third kappa shape index (κ3) is 3.80. The van der Waals surface area contributed by atoms with Crippen molar-refractivity contribution in [2.45, 2.75) is 45.5 Å². The van der Waals surface area contributed by atoms with Crippen molar-refractivity contribution in [2.75, 3.05) is 30.3 Å². The Morgan fingerprint density at radius 1 is 1.48 bits per heavy atom. The van der Waals surface area contributed by atoms with Crippen LogP contribution in [-0.4, -0.2) is 42.6 Å². The van der Waals surface area contributed by atoms with Crippen LogP contribution in [0.2, 0.25) is 0 Å². The van der Waals surface area contributed by atoms with Gasteiger partial charge >= 0.3 is 0 Å². The van der Waals surface area contributed by atoms with Crippen molar-refractivity contribution in [3.8, 4) is 5.75 Å². The molecule has 0 radical (unpaired) electrons. The third-order valence-corrected chi connectivity index (χ3v) is 3.43. The van der Waals surface area contributed by atoms with Gasteiger partial charge in [-0.25, -0.2) is 0 Å². The Morgan fingerprint density at radius 3 is 2.81 bits per heavy atom. The molecular formula is C16H26N2O3.